The van der Waals surface area contributed by atoms with Crippen LogP contribution in [-0.4, -0.2) is 109 Å². The minimum atomic E-state index is -2.02. The summed E-state index contributed by atoms with van der Waals surface area (Å²) in [6, 6.07) is 5.88. The zero-order valence-corrected chi connectivity index (χ0v) is 26.3. The molecular formula is C32H37ClN2O10. The van der Waals surface area contributed by atoms with Gasteiger partial charge in [0.2, 0.25) is 17.3 Å². The van der Waals surface area contributed by atoms with Gasteiger partial charge < -0.3 is 39.2 Å². The third-order valence-corrected chi connectivity index (χ3v) is 9.34. The smallest absolute Gasteiger partial charge is 0.231 e. The second-order valence-electron chi connectivity index (χ2n) is 11.4. The van der Waals surface area contributed by atoms with E-state index in [1.807, 2.05) is 4.90 Å². The van der Waals surface area contributed by atoms with Crippen molar-refractivity contribution in [2.75, 3.05) is 60.7 Å². The van der Waals surface area contributed by atoms with Gasteiger partial charge in [0.05, 0.1) is 27.9 Å². The summed E-state index contributed by atoms with van der Waals surface area (Å²) in [6.45, 7) is 4.13. The molecule has 45 heavy (non-hydrogen) atoms. The Kier molecular flexibility index (Phi) is 9.20. The van der Waals surface area contributed by atoms with Crippen LogP contribution in [0.4, 0.5) is 0 Å². The van der Waals surface area contributed by atoms with Crippen molar-refractivity contribution in [3.8, 4) is 28.7 Å². The lowest BCUT2D eigenvalue weighted by molar-refractivity contribution is -0.133. The molecule has 1 amide bonds. The molecule has 2 aromatic carbocycles. The average Bonchev–Trinajstić information content (AvgIpc) is 3.35. The molecular weight excluding hydrogens is 608 g/mol. The number of ether oxygens (including phenoxy) is 4. The standard InChI is InChI=1S/C32H37ClN2O10/c1-17-13-21(38)26(30(40)32(17)31(41)27-23(43-3)16-24(44-4)28(33)29(27)45-32)19(18-5-6-20(37)22(14-18)42-2)15-25(39)35-9-7-34(8-10-35)11-12-36/h5-6,14,16-17,19,36-37,40H,7-13,15H2,1-4H3. The first-order chi connectivity index (χ1) is 21.5. The van der Waals surface area contributed by atoms with Gasteiger partial charge in [-0.25, -0.2) is 0 Å². The van der Waals surface area contributed by atoms with E-state index >= 15 is 0 Å². The van der Waals surface area contributed by atoms with Crippen LogP contribution in [0.2, 0.25) is 5.02 Å². The van der Waals surface area contributed by atoms with Crippen molar-refractivity contribution < 1.29 is 48.7 Å². The van der Waals surface area contributed by atoms with Gasteiger partial charge in [0.1, 0.15) is 22.1 Å². The number of amides is 1. The second-order valence-corrected chi connectivity index (χ2v) is 11.8. The largest absolute Gasteiger partial charge is 0.507 e. The number of hydrogen-bond donors (Lipinski definition) is 3. The number of carbonyl (C=O) groups is 3. The molecule has 5 rings (SSSR count). The Morgan fingerprint density at radius 1 is 1.04 bits per heavy atom. The number of phenols is 1. The molecule has 3 N–H and O–H groups in total. The number of benzene rings is 2. The maximum Gasteiger partial charge on any atom is 0.231 e. The second kappa shape index (κ2) is 12.8. The first-order valence-corrected chi connectivity index (χ1v) is 15.0. The van der Waals surface area contributed by atoms with Gasteiger partial charge in [0.25, 0.3) is 0 Å². The maximum atomic E-state index is 14.3. The number of allylic oxidation sites excluding steroid dienone is 1. The van der Waals surface area contributed by atoms with Crippen molar-refractivity contribution in [3.05, 3.63) is 51.7 Å². The molecule has 0 aromatic heterocycles. The molecule has 2 heterocycles. The Labute approximate surface area is 265 Å². The molecule has 12 nitrogen and oxygen atoms in total. The van der Waals surface area contributed by atoms with Crippen molar-refractivity contribution in [1.82, 2.24) is 9.80 Å². The van der Waals surface area contributed by atoms with Crippen LogP contribution in [0.15, 0.2) is 35.6 Å². The molecule has 2 aliphatic heterocycles. The van der Waals surface area contributed by atoms with Crippen LogP contribution >= 0.6 is 11.6 Å². The predicted octanol–water partition coefficient (Wildman–Crippen LogP) is 3.12. The summed E-state index contributed by atoms with van der Waals surface area (Å²) < 4.78 is 22.4. The topological polar surface area (TPSA) is 155 Å². The zero-order valence-electron chi connectivity index (χ0n) is 25.6. The van der Waals surface area contributed by atoms with Crippen molar-refractivity contribution in [2.45, 2.75) is 31.3 Å². The van der Waals surface area contributed by atoms with Crippen LogP contribution in [0.25, 0.3) is 0 Å². The molecule has 1 saturated heterocycles. The summed E-state index contributed by atoms with van der Waals surface area (Å²) >= 11 is 6.58. The highest BCUT2D eigenvalue weighted by Gasteiger charge is 2.61. The van der Waals surface area contributed by atoms with Crippen molar-refractivity contribution in [3.63, 3.8) is 0 Å². The molecule has 3 atom stereocenters. The van der Waals surface area contributed by atoms with Crippen LogP contribution in [0.1, 0.15) is 41.6 Å². The molecule has 1 fully saturated rings. The third-order valence-electron chi connectivity index (χ3n) is 8.99. The monoisotopic (exact) mass is 644 g/mol. The molecule has 3 aliphatic rings. The highest BCUT2D eigenvalue weighted by Crippen LogP contribution is 2.56. The predicted molar refractivity (Wildman–Crippen MR) is 163 cm³/mol. The van der Waals surface area contributed by atoms with E-state index in [9.17, 15) is 29.7 Å². The van der Waals surface area contributed by atoms with Crippen LogP contribution < -0.4 is 18.9 Å². The summed E-state index contributed by atoms with van der Waals surface area (Å²) in [5.74, 6) is -3.56. The highest BCUT2D eigenvalue weighted by atomic mass is 35.5. The van der Waals surface area contributed by atoms with Gasteiger partial charge in [0.15, 0.2) is 28.8 Å². The number of phenolic OH excluding ortho intramolecular Hbond substituents is 1. The van der Waals surface area contributed by atoms with Crippen LogP contribution in [0.3, 0.4) is 0 Å². The molecule has 0 saturated carbocycles. The number of fused-ring (bicyclic) bond motifs is 1. The lowest BCUT2D eigenvalue weighted by atomic mass is 9.69. The number of carbonyl (C=O) groups excluding carboxylic acids is 3. The van der Waals surface area contributed by atoms with Gasteiger partial charge in [-0.15, -0.1) is 0 Å². The van der Waals surface area contributed by atoms with Crippen molar-refractivity contribution in [2.24, 2.45) is 5.92 Å². The van der Waals surface area contributed by atoms with E-state index in [2.05, 4.69) is 0 Å². The zero-order chi connectivity index (χ0) is 32.6. The van der Waals surface area contributed by atoms with Gasteiger partial charge in [-0.1, -0.05) is 24.6 Å². The number of hydrogen-bond acceptors (Lipinski definition) is 11. The van der Waals surface area contributed by atoms with Crippen molar-refractivity contribution >= 4 is 29.1 Å². The van der Waals surface area contributed by atoms with Gasteiger partial charge in [-0.05, 0) is 17.7 Å². The summed E-state index contributed by atoms with van der Waals surface area (Å²) in [4.78, 5) is 45.6. The summed E-state index contributed by atoms with van der Waals surface area (Å²) in [5, 5.41) is 31.7. The fraction of sp³-hybridized carbons (Fsp3) is 0.469. The van der Waals surface area contributed by atoms with Crippen LogP contribution in [0, 0.1) is 5.92 Å². The average molecular weight is 645 g/mol. The Morgan fingerprint density at radius 2 is 1.71 bits per heavy atom. The fourth-order valence-electron chi connectivity index (χ4n) is 6.50. The number of β-amino-alcohol motifs (C(OH)–C–C–N with tert-alkyl or cyclic N) is 1. The molecule has 1 aliphatic carbocycles. The maximum absolute atomic E-state index is 14.3. The summed E-state index contributed by atoms with van der Waals surface area (Å²) in [5.41, 5.74) is -1.74. The molecule has 0 bridgehead atoms. The molecule has 2 aromatic rings. The lowest BCUT2D eigenvalue weighted by Gasteiger charge is -2.39. The molecule has 13 heteroatoms. The third kappa shape index (κ3) is 5.44. The van der Waals surface area contributed by atoms with E-state index in [1.165, 1.54) is 39.5 Å². The first-order valence-electron chi connectivity index (χ1n) is 14.6. The Bertz CT molecular complexity index is 1550. The van der Waals surface area contributed by atoms with E-state index in [-0.39, 0.29) is 70.3 Å². The van der Waals surface area contributed by atoms with Gasteiger partial charge in [-0.3, -0.25) is 19.3 Å². The quantitative estimate of drug-likeness (QED) is 0.369. The molecule has 1 spiro atoms. The Morgan fingerprint density at radius 3 is 2.33 bits per heavy atom. The van der Waals surface area contributed by atoms with Crippen molar-refractivity contribution in [1.29, 1.82) is 0 Å². The summed E-state index contributed by atoms with van der Waals surface area (Å²) in [6.07, 6.45) is -0.390. The van der Waals surface area contributed by atoms with E-state index in [0.29, 0.717) is 38.3 Å². The van der Waals surface area contributed by atoms with Crippen LogP contribution in [0.5, 0.6) is 28.7 Å². The highest BCUT2D eigenvalue weighted by molar-refractivity contribution is 6.35. The SMILES string of the molecule is COc1cc(C(CC(=O)N2CCN(CCO)CC2)C2=C(O)C3(Oc4c(Cl)c(OC)cc(OC)c4C3=O)C(C)CC2=O)ccc1O. The van der Waals surface area contributed by atoms with E-state index in [1.54, 1.807) is 17.9 Å². The number of methoxy groups -OCH3 is 3. The Balaban J connectivity index is 1.62. The van der Waals surface area contributed by atoms with Crippen LogP contribution in [-0.2, 0) is 9.59 Å². The number of halogens is 1. The van der Waals surface area contributed by atoms with E-state index in [4.69, 9.17) is 30.5 Å². The number of ketones is 2. The number of Topliss-reactive ketones (excluding diaryl/α,β-unsaturated/α-hetero) is 2. The van der Waals surface area contributed by atoms with E-state index < -0.39 is 34.8 Å². The fourth-order valence-corrected chi connectivity index (χ4v) is 6.77. The number of piperazine rings is 1. The number of aliphatic hydroxyl groups excluding tert-OH is 2. The minimum absolute atomic E-state index is 0.00677. The lowest BCUT2D eigenvalue weighted by Crippen LogP contribution is -2.53. The normalized spacial score (nSPS) is 22.4. The molecule has 0 radical (unpaired) electrons. The Hall–Kier alpha value is -4.00. The number of nitrogens with zero attached hydrogens (tertiary/aromatic N) is 2. The molecule has 3 unspecified atom stereocenters. The number of aliphatic hydroxyl groups is 2. The minimum Gasteiger partial charge on any atom is -0.507 e. The summed E-state index contributed by atoms with van der Waals surface area (Å²) in [7, 11) is 4.15. The van der Waals surface area contributed by atoms with E-state index in [0.717, 1.165) is 0 Å². The number of aromatic hydroxyl groups is 1. The first kappa shape index (κ1) is 32.4. The van der Waals surface area contributed by atoms with Gasteiger partial charge in [-0.2, -0.15) is 0 Å². The van der Waals surface area contributed by atoms with Gasteiger partial charge >= 0.3 is 0 Å². The number of rotatable bonds is 9. The molecule has 242 valence electrons. The van der Waals surface area contributed by atoms with Gasteiger partial charge in [0, 0.05) is 69.0 Å².